The Morgan fingerprint density at radius 1 is 1.23 bits per heavy atom. The second-order valence-electron chi connectivity index (χ2n) is 4.66. The number of carbonyl (C=O) groups is 1. The SMILES string of the molecule is CC(C(=O)O)N(C)C.C[N+](C)(C)C. The Balaban J connectivity index is 0. The summed E-state index contributed by atoms with van der Waals surface area (Å²) >= 11 is 0. The maximum absolute atomic E-state index is 10.1. The van der Waals surface area contributed by atoms with Crippen LogP contribution in [0.3, 0.4) is 0 Å². The summed E-state index contributed by atoms with van der Waals surface area (Å²) in [5.74, 6) is -0.782. The van der Waals surface area contributed by atoms with Crippen LogP contribution < -0.4 is 0 Å². The Morgan fingerprint density at radius 3 is 1.46 bits per heavy atom. The molecule has 0 heterocycles. The van der Waals surface area contributed by atoms with E-state index in [-0.39, 0.29) is 6.04 Å². The van der Waals surface area contributed by atoms with Crippen molar-refractivity contribution in [1.29, 1.82) is 0 Å². The molecule has 0 aromatic carbocycles. The van der Waals surface area contributed by atoms with E-state index in [4.69, 9.17) is 5.11 Å². The highest BCUT2D eigenvalue weighted by Crippen LogP contribution is 1.88. The molecule has 13 heavy (non-hydrogen) atoms. The van der Waals surface area contributed by atoms with Gasteiger partial charge in [-0.2, -0.15) is 0 Å². The fourth-order valence-corrected chi connectivity index (χ4v) is 0.221. The van der Waals surface area contributed by atoms with Gasteiger partial charge in [0.2, 0.25) is 0 Å². The maximum atomic E-state index is 10.1. The van der Waals surface area contributed by atoms with Crippen molar-refractivity contribution in [3.8, 4) is 0 Å². The highest BCUT2D eigenvalue weighted by molar-refractivity contribution is 5.72. The number of carboxylic acid groups (broad SMARTS) is 1. The summed E-state index contributed by atoms with van der Waals surface area (Å²) in [6, 6.07) is -0.380. The van der Waals surface area contributed by atoms with E-state index in [2.05, 4.69) is 28.2 Å². The molecular weight excluding hydrogens is 168 g/mol. The van der Waals surface area contributed by atoms with Gasteiger partial charge in [-0.1, -0.05) is 0 Å². The van der Waals surface area contributed by atoms with Crippen LogP contribution in [0.4, 0.5) is 0 Å². The first-order valence-corrected chi connectivity index (χ1v) is 4.24. The van der Waals surface area contributed by atoms with E-state index in [0.29, 0.717) is 0 Å². The van der Waals surface area contributed by atoms with Crippen LogP contribution in [0.15, 0.2) is 0 Å². The molecule has 0 aromatic heterocycles. The van der Waals surface area contributed by atoms with Gasteiger partial charge in [0, 0.05) is 0 Å². The molecule has 0 aliphatic heterocycles. The number of hydrogen-bond donors (Lipinski definition) is 1. The van der Waals surface area contributed by atoms with Gasteiger partial charge < -0.3 is 9.59 Å². The topological polar surface area (TPSA) is 40.5 Å². The van der Waals surface area contributed by atoms with Crippen LogP contribution in [0.2, 0.25) is 0 Å². The average molecular weight is 191 g/mol. The van der Waals surface area contributed by atoms with Gasteiger partial charge in [0.1, 0.15) is 6.04 Å². The zero-order valence-electron chi connectivity index (χ0n) is 9.83. The summed E-state index contributed by atoms with van der Waals surface area (Å²) in [4.78, 5) is 11.7. The lowest BCUT2D eigenvalue weighted by atomic mass is 10.3. The van der Waals surface area contributed by atoms with Gasteiger partial charge in [-0.3, -0.25) is 9.69 Å². The first-order chi connectivity index (χ1) is 5.55. The molecule has 0 amide bonds. The predicted molar refractivity (Wildman–Crippen MR) is 54.7 cm³/mol. The number of hydrogen-bond acceptors (Lipinski definition) is 2. The molecule has 0 bridgehead atoms. The molecule has 1 unspecified atom stereocenters. The Hall–Kier alpha value is -0.610. The zero-order chi connectivity index (χ0) is 11.2. The number of rotatable bonds is 2. The smallest absolute Gasteiger partial charge is 0.320 e. The molecule has 0 radical (unpaired) electrons. The lowest BCUT2D eigenvalue weighted by molar-refractivity contribution is -0.849. The number of carboxylic acids is 1. The Bertz CT molecular complexity index is 144. The Labute approximate surface area is 81.4 Å². The van der Waals surface area contributed by atoms with E-state index in [0.717, 1.165) is 4.48 Å². The van der Waals surface area contributed by atoms with E-state index < -0.39 is 5.97 Å². The van der Waals surface area contributed by atoms with E-state index in [1.807, 2.05) is 0 Å². The number of nitrogens with zero attached hydrogens (tertiary/aromatic N) is 2. The predicted octanol–water partition coefficient (Wildman–Crippen LogP) is 0.344. The van der Waals surface area contributed by atoms with Crippen molar-refractivity contribution < 1.29 is 14.4 Å². The van der Waals surface area contributed by atoms with Gasteiger partial charge in [0.05, 0.1) is 28.2 Å². The molecule has 0 aromatic rings. The molecule has 0 saturated heterocycles. The summed E-state index contributed by atoms with van der Waals surface area (Å²) < 4.78 is 1.00. The summed E-state index contributed by atoms with van der Waals surface area (Å²) in [5, 5.41) is 8.31. The monoisotopic (exact) mass is 191 g/mol. The van der Waals surface area contributed by atoms with Crippen molar-refractivity contribution in [2.75, 3.05) is 42.3 Å². The lowest BCUT2D eigenvalue weighted by Gasteiger charge is -2.14. The minimum atomic E-state index is -0.782. The minimum absolute atomic E-state index is 0.380. The molecule has 0 rings (SSSR count). The minimum Gasteiger partial charge on any atom is -0.480 e. The summed E-state index contributed by atoms with van der Waals surface area (Å²) in [6.45, 7) is 1.64. The third-order valence-corrected chi connectivity index (χ3v) is 1.13. The molecule has 4 nitrogen and oxygen atoms in total. The van der Waals surface area contributed by atoms with Gasteiger partial charge in [0.15, 0.2) is 0 Å². The van der Waals surface area contributed by atoms with Crippen molar-refractivity contribution in [2.24, 2.45) is 0 Å². The zero-order valence-corrected chi connectivity index (χ0v) is 9.83. The quantitative estimate of drug-likeness (QED) is 0.640. The van der Waals surface area contributed by atoms with Crippen LogP contribution in [0, 0.1) is 0 Å². The van der Waals surface area contributed by atoms with Gasteiger partial charge >= 0.3 is 5.97 Å². The fourth-order valence-electron chi connectivity index (χ4n) is 0.221. The van der Waals surface area contributed by atoms with Crippen LogP contribution >= 0.6 is 0 Å². The van der Waals surface area contributed by atoms with Crippen LogP contribution in [0.5, 0.6) is 0 Å². The highest BCUT2D eigenvalue weighted by atomic mass is 16.4. The molecule has 0 spiro atoms. The number of quaternary nitrogens is 1. The molecule has 0 fully saturated rings. The van der Waals surface area contributed by atoms with Gasteiger partial charge in [0.25, 0.3) is 0 Å². The first-order valence-electron chi connectivity index (χ1n) is 4.24. The van der Waals surface area contributed by atoms with Gasteiger partial charge in [-0.15, -0.1) is 0 Å². The normalized spacial score (nSPS) is 13.2. The summed E-state index contributed by atoms with van der Waals surface area (Å²) in [6.07, 6.45) is 0. The number of likely N-dealkylation sites (N-methyl/N-ethyl adjacent to an activating group) is 1. The second kappa shape index (κ2) is 5.94. The van der Waals surface area contributed by atoms with E-state index in [1.165, 1.54) is 0 Å². The van der Waals surface area contributed by atoms with Crippen LogP contribution in [-0.2, 0) is 4.79 Å². The van der Waals surface area contributed by atoms with E-state index in [1.54, 1.807) is 25.9 Å². The largest absolute Gasteiger partial charge is 0.480 e. The third-order valence-electron chi connectivity index (χ3n) is 1.13. The lowest BCUT2D eigenvalue weighted by Crippen LogP contribution is -2.32. The molecule has 4 heteroatoms. The van der Waals surface area contributed by atoms with E-state index >= 15 is 0 Å². The van der Waals surface area contributed by atoms with Gasteiger partial charge in [-0.05, 0) is 21.0 Å². The highest BCUT2D eigenvalue weighted by Gasteiger charge is 2.11. The van der Waals surface area contributed by atoms with Gasteiger partial charge in [-0.25, -0.2) is 0 Å². The number of aliphatic carboxylic acids is 1. The van der Waals surface area contributed by atoms with Crippen LogP contribution in [-0.4, -0.2) is 68.8 Å². The van der Waals surface area contributed by atoms with Crippen molar-refractivity contribution in [3.05, 3.63) is 0 Å². The Morgan fingerprint density at radius 2 is 1.46 bits per heavy atom. The van der Waals surface area contributed by atoms with Crippen molar-refractivity contribution in [2.45, 2.75) is 13.0 Å². The molecule has 0 saturated carbocycles. The molecule has 1 N–H and O–H groups in total. The standard InChI is InChI=1S/C5H11NO2.C4H12N/c1-4(5(7)8)6(2)3;1-5(2,3)4/h4H,1-3H3,(H,7,8);1-4H3/q;+1. The van der Waals surface area contributed by atoms with Crippen LogP contribution in [0.25, 0.3) is 0 Å². The van der Waals surface area contributed by atoms with Crippen molar-refractivity contribution in [1.82, 2.24) is 4.90 Å². The maximum Gasteiger partial charge on any atom is 0.320 e. The molecular formula is C9H23N2O2+. The average Bonchev–Trinajstić information content (AvgIpc) is 1.81. The summed E-state index contributed by atoms with van der Waals surface area (Å²) in [5.41, 5.74) is 0. The third kappa shape index (κ3) is 18.4. The molecule has 1 atom stereocenters. The molecule has 0 aliphatic carbocycles. The van der Waals surface area contributed by atoms with Crippen molar-refractivity contribution in [3.63, 3.8) is 0 Å². The molecule has 0 aliphatic rings. The first kappa shape index (κ1) is 14.9. The molecule has 80 valence electrons. The Kier molecular flexibility index (Phi) is 6.80. The second-order valence-corrected chi connectivity index (χ2v) is 4.66. The van der Waals surface area contributed by atoms with E-state index in [9.17, 15) is 4.79 Å². The van der Waals surface area contributed by atoms with Crippen LogP contribution in [0.1, 0.15) is 6.92 Å². The fraction of sp³-hybridized carbons (Fsp3) is 0.889. The van der Waals surface area contributed by atoms with Crippen molar-refractivity contribution >= 4 is 5.97 Å². The summed E-state index contributed by atoms with van der Waals surface area (Å²) in [7, 11) is 12.0.